The Morgan fingerprint density at radius 3 is 1.43 bits per heavy atom. The zero-order chi connectivity index (χ0) is 15.6. The molecule has 0 aromatic heterocycles. The maximum Gasteiger partial charge on any atom is 0.0704 e. The van der Waals surface area contributed by atoms with E-state index in [1.54, 1.807) is 6.08 Å². The topological polar surface area (TPSA) is 49.4 Å². The molecule has 0 saturated heterocycles. The predicted octanol–water partition coefficient (Wildman–Crippen LogP) is 0.817. The van der Waals surface area contributed by atoms with Crippen molar-refractivity contribution in [1.29, 1.82) is 0 Å². The molecule has 21 heavy (non-hydrogen) atoms. The fraction of sp³-hybridized carbons (Fsp3) is 0.867. The van der Waals surface area contributed by atoms with Gasteiger partial charge < -0.3 is 28.6 Å². The summed E-state index contributed by atoms with van der Waals surface area (Å²) in [5.41, 5.74) is 0. The average molecular weight is 305 g/mol. The van der Waals surface area contributed by atoms with Crippen molar-refractivity contribution in [3.05, 3.63) is 12.7 Å². The number of rotatable bonds is 17. The minimum atomic E-state index is 0.566. The molecule has 0 aromatic carbocycles. The monoisotopic (exact) mass is 305 g/mol. The highest BCUT2D eigenvalue weighted by molar-refractivity contribution is 4.63. The Hall–Kier alpha value is -0.500. The molecule has 0 aliphatic heterocycles. The zero-order valence-corrected chi connectivity index (χ0v) is 13.6. The summed E-state index contributed by atoms with van der Waals surface area (Å²) in [7, 11) is 4.05. The smallest absolute Gasteiger partial charge is 0.0704 e. The molecule has 6 heteroatoms. The van der Waals surface area contributed by atoms with Crippen LogP contribution >= 0.6 is 0 Å². The van der Waals surface area contributed by atoms with Crippen molar-refractivity contribution in [2.45, 2.75) is 0 Å². The SMILES string of the molecule is C=CCOCCOCCOCCOCCOCCN(C)C. The summed E-state index contributed by atoms with van der Waals surface area (Å²) in [5.74, 6) is 0. The fourth-order valence-electron chi connectivity index (χ4n) is 1.29. The number of ether oxygens (including phenoxy) is 5. The molecule has 126 valence electrons. The van der Waals surface area contributed by atoms with E-state index >= 15 is 0 Å². The second-order valence-corrected chi connectivity index (χ2v) is 4.62. The van der Waals surface area contributed by atoms with E-state index in [1.165, 1.54) is 0 Å². The molecule has 0 radical (unpaired) electrons. The first-order valence-electron chi connectivity index (χ1n) is 7.41. The Morgan fingerprint density at radius 1 is 0.667 bits per heavy atom. The van der Waals surface area contributed by atoms with Gasteiger partial charge in [0.25, 0.3) is 0 Å². The molecule has 0 N–H and O–H groups in total. The van der Waals surface area contributed by atoms with Gasteiger partial charge in [-0.3, -0.25) is 0 Å². The van der Waals surface area contributed by atoms with Gasteiger partial charge in [0.15, 0.2) is 0 Å². The van der Waals surface area contributed by atoms with Crippen LogP contribution in [0.3, 0.4) is 0 Å². The lowest BCUT2D eigenvalue weighted by molar-refractivity contribution is -0.0101. The minimum absolute atomic E-state index is 0.566. The summed E-state index contributed by atoms with van der Waals surface area (Å²) in [6, 6.07) is 0. The number of nitrogens with zero attached hydrogens (tertiary/aromatic N) is 1. The van der Waals surface area contributed by atoms with Crippen LogP contribution in [0, 0.1) is 0 Å². The molecule has 0 atom stereocenters. The Bertz CT molecular complexity index is 214. The molecular weight excluding hydrogens is 274 g/mol. The third-order valence-electron chi connectivity index (χ3n) is 2.41. The molecule has 0 aliphatic carbocycles. The highest BCUT2D eigenvalue weighted by Crippen LogP contribution is 1.84. The fourth-order valence-corrected chi connectivity index (χ4v) is 1.29. The first-order valence-corrected chi connectivity index (χ1v) is 7.41. The van der Waals surface area contributed by atoms with Crippen LogP contribution in [0.4, 0.5) is 0 Å². The second kappa shape index (κ2) is 17.6. The molecule has 0 aromatic rings. The summed E-state index contributed by atoms with van der Waals surface area (Å²) < 4.78 is 26.6. The van der Waals surface area contributed by atoms with Crippen LogP contribution in [0.25, 0.3) is 0 Å². The quantitative estimate of drug-likeness (QED) is 0.293. The van der Waals surface area contributed by atoms with Crippen LogP contribution in [-0.4, -0.2) is 91.6 Å². The van der Waals surface area contributed by atoms with Gasteiger partial charge in [0.05, 0.1) is 66.1 Å². The van der Waals surface area contributed by atoms with Crippen LogP contribution in [0.5, 0.6) is 0 Å². The van der Waals surface area contributed by atoms with Gasteiger partial charge in [-0.05, 0) is 14.1 Å². The van der Waals surface area contributed by atoms with Gasteiger partial charge in [-0.1, -0.05) is 6.08 Å². The van der Waals surface area contributed by atoms with E-state index in [9.17, 15) is 0 Å². The van der Waals surface area contributed by atoms with Gasteiger partial charge in [0, 0.05) is 6.54 Å². The van der Waals surface area contributed by atoms with Gasteiger partial charge in [-0.25, -0.2) is 0 Å². The third-order valence-corrected chi connectivity index (χ3v) is 2.41. The van der Waals surface area contributed by atoms with Gasteiger partial charge in [0.1, 0.15) is 0 Å². The van der Waals surface area contributed by atoms with Gasteiger partial charge >= 0.3 is 0 Å². The first kappa shape index (κ1) is 20.5. The van der Waals surface area contributed by atoms with Crippen molar-refractivity contribution in [3.8, 4) is 0 Å². The van der Waals surface area contributed by atoms with Crippen LogP contribution in [-0.2, 0) is 23.7 Å². The first-order chi connectivity index (χ1) is 10.3. The van der Waals surface area contributed by atoms with E-state index in [-0.39, 0.29) is 0 Å². The van der Waals surface area contributed by atoms with E-state index in [1.807, 2.05) is 14.1 Å². The van der Waals surface area contributed by atoms with Gasteiger partial charge in [-0.15, -0.1) is 6.58 Å². The Labute approximate surface area is 128 Å². The molecule has 0 heterocycles. The zero-order valence-electron chi connectivity index (χ0n) is 13.6. The van der Waals surface area contributed by atoms with Crippen LogP contribution in [0.15, 0.2) is 12.7 Å². The second-order valence-electron chi connectivity index (χ2n) is 4.62. The summed E-state index contributed by atoms with van der Waals surface area (Å²) >= 11 is 0. The lowest BCUT2D eigenvalue weighted by Gasteiger charge is -2.10. The van der Waals surface area contributed by atoms with Crippen molar-refractivity contribution >= 4 is 0 Å². The summed E-state index contributed by atoms with van der Waals surface area (Å²) in [6.45, 7) is 10.5. The molecule has 0 rings (SSSR count). The summed E-state index contributed by atoms with van der Waals surface area (Å²) in [6.07, 6.45) is 1.72. The van der Waals surface area contributed by atoms with E-state index < -0.39 is 0 Å². The van der Waals surface area contributed by atoms with Crippen molar-refractivity contribution in [2.75, 3.05) is 86.7 Å². The van der Waals surface area contributed by atoms with Crippen molar-refractivity contribution in [2.24, 2.45) is 0 Å². The maximum absolute atomic E-state index is 5.40. The Balaban J connectivity index is 2.95. The summed E-state index contributed by atoms with van der Waals surface area (Å²) in [4.78, 5) is 2.09. The van der Waals surface area contributed by atoms with Crippen LogP contribution in [0.2, 0.25) is 0 Å². The Morgan fingerprint density at radius 2 is 1.05 bits per heavy atom. The van der Waals surface area contributed by atoms with Crippen molar-refractivity contribution < 1.29 is 23.7 Å². The van der Waals surface area contributed by atoms with Gasteiger partial charge in [-0.2, -0.15) is 0 Å². The molecule has 6 nitrogen and oxygen atoms in total. The van der Waals surface area contributed by atoms with Crippen molar-refractivity contribution in [1.82, 2.24) is 4.90 Å². The van der Waals surface area contributed by atoms with Gasteiger partial charge in [0.2, 0.25) is 0 Å². The lowest BCUT2D eigenvalue weighted by Crippen LogP contribution is -2.19. The molecule has 0 unspecified atom stereocenters. The highest BCUT2D eigenvalue weighted by atomic mass is 16.6. The lowest BCUT2D eigenvalue weighted by atomic mass is 10.6. The summed E-state index contributed by atoms with van der Waals surface area (Å²) in [5, 5.41) is 0. The number of hydrogen-bond acceptors (Lipinski definition) is 6. The average Bonchev–Trinajstić information content (AvgIpc) is 2.46. The molecule has 0 fully saturated rings. The minimum Gasteiger partial charge on any atom is -0.378 e. The van der Waals surface area contributed by atoms with Crippen LogP contribution in [0.1, 0.15) is 0 Å². The number of likely N-dealkylation sites (N-methyl/N-ethyl adjacent to an activating group) is 1. The van der Waals surface area contributed by atoms with E-state index in [0.717, 1.165) is 13.2 Å². The predicted molar refractivity (Wildman–Crippen MR) is 82.8 cm³/mol. The largest absolute Gasteiger partial charge is 0.378 e. The molecule has 0 bridgehead atoms. The van der Waals surface area contributed by atoms with E-state index in [4.69, 9.17) is 23.7 Å². The maximum atomic E-state index is 5.40. The third kappa shape index (κ3) is 19.5. The highest BCUT2D eigenvalue weighted by Gasteiger charge is 1.93. The molecule has 0 amide bonds. The number of hydrogen-bond donors (Lipinski definition) is 0. The Kier molecular flexibility index (Phi) is 17.1. The molecule has 0 spiro atoms. The van der Waals surface area contributed by atoms with E-state index in [0.29, 0.717) is 59.5 Å². The normalized spacial score (nSPS) is 11.2. The standard InChI is InChI=1S/C15H31NO5/c1-4-6-17-8-10-19-12-14-21-15-13-20-11-9-18-7-5-16(2)3/h4H,1,5-15H2,2-3H3. The molecule has 0 aliphatic rings. The van der Waals surface area contributed by atoms with E-state index in [2.05, 4.69) is 11.5 Å². The van der Waals surface area contributed by atoms with Crippen LogP contribution < -0.4 is 0 Å². The molecule has 0 saturated carbocycles. The van der Waals surface area contributed by atoms with Crippen molar-refractivity contribution in [3.63, 3.8) is 0 Å². The molecular formula is C15H31NO5.